The second-order valence-electron chi connectivity index (χ2n) is 6.80. The van der Waals surface area contributed by atoms with Crippen LogP contribution in [-0.2, 0) is 10.0 Å². The van der Waals surface area contributed by atoms with E-state index in [1.165, 1.54) is 55.7 Å². The van der Waals surface area contributed by atoms with Gasteiger partial charge in [0.2, 0.25) is 0 Å². The predicted molar refractivity (Wildman–Crippen MR) is 110 cm³/mol. The maximum atomic E-state index is 14.5. The van der Waals surface area contributed by atoms with Crippen molar-refractivity contribution in [1.29, 1.82) is 0 Å². The summed E-state index contributed by atoms with van der Waals surface area (Å²) >= 11 is 0. The second kappa shape index (κ2) is 7.99. The average Bonchev–Trinajstić information content (AvgIpc) is 2.73. The molecule has 0 aliphatic heterocycles. The van der Waals surface area contributed by atoms with Crippen molar-refractivity contribution >= 4 is 26.7 Å². The number of halogens is 3. The molecule has 0 saturated heterocycles. The third-order valence-electron chi connectivity index (χ3n) is 4.83. The first-order valence-corrected chi connectivity index (χ1v) is 10.7. The molecule has 1 aromatic heterocycles. The number of benzene rings is 3. The monoisotopic (exact) mass is 443 g/mol. The van der Waals surface area contributed by atoms with Gasteiger partial charge >= 0.3 is 0 Å². The molecule has 3 aromatic carbocycles. The summed E-state index contributed by atoms with van der Waals surface area (Å²) < 4.78 is 70.4. The Morgan fingerprint density at radius 2 is 1.58 bits per heavy atom. The Morgan fingerprint density at radius 3 is 2.32 bits per heavy atom. The number of para-hydroxylation sites is 1. The number of anilines is 1. The van der Waals surface area contributed by atoms with Crippen LogP contribution in [0.3, 0.4) is 0 Å². The van der Waals surface area contributed by atoms with Crippen LogP contribution in [0.15, 0.2) is 78.0 Å². The predicted octanol–water partition coefficient (Wildman–Crippen LogP) is 5.00. The van der Waals surface area contributed by atoms with Crippen LogP contribution in [0.4, 0.5) is 18.9 Å². The Kier molecular flexibility index (Phi) is 5.36. The fourth-order valence-electron chi connectivity index (χ4n) is 3.43. The molecule has 158 valence electrons. The van der Waals surface area contributed by atoms with Crippen molar-refractivity contribution in [3.05, 3.63) is 96.1 Å². The van der Waals surface area contributed by atoms with Gasteiger partial charge in [0.15, 0.2) is 0 Å². The van der Waals surface area contributed by atoms with Crippen LogP contribution in [0, 0.1) is 17.5 Å². The van der Waals surface area contributed by atoms with Crippen LogP contribution in [0.2, 0.25) is 0 Å². The van der Waals surface area contributed by atoms with Crippen molar-refractivity contribution in [2.45, 2.75) is 17.9 Å². The van der Waals surface area contributed by atoms with Crippen molar-refractivity contribution < 1.29 is 21.6 Å². The van der Waals surface area contributed by atoms with Gasteiger partial charge in [0, 0.05) is 24.0 Å². The van der Waals surface area contributed by atoms with Crippen molar-refractivity contribution in [3.63, 3.8) is 0 Å². The molecule has 1 atom stereocenters. The van der Waals surface area contributed by atoms with Crippen LogP contribution in [-0.4, -0.2) is 18.4 Å². The number of nitrogens with zero attached hydrogens (tertiary/aromatic N) is 3. The van der Waals surface area contributed by atoms with Gasteiger partial charge in [0.05, 0.1) is 17.2 Å². The molecule has 0 saturated carbocycles. The maximum Gasteiger partial charge on any atom is 0.267 e. The highest BCUT2D eigenvalue weighted by atomic mass is 32.2. The highest BCUT2D eigenvalue weighted by Crippen LogP contribution is 2.36. The van der Waals surface area contributed by atoms with E-state index in [0.29, 0.717) is 11.6 Å². The molecule has 0 aliphatic rings. The van der Waals surface area contributed by atoms with Gasteiger partial charge in [-0.25, -0.2) is 21.6 Å². The van der Waals surface area contributed by atoms with Crippen LogP contribution < -0.4 is 4.31 Å². The second-order valence-corrected chi connectivity index (χ2v) is 8.59. The quantitative estimate of drug-likeness (QED) is 0.435. The first-order valence-electron chi connectivity index (χ1n) is 9.24. The van der Waals surface area contributed by atoms with Gasteiger partial charge in [-0.05, 0) is 43.3 Å². The van der Waals surface area contributed by atoms with E-state index >= 15 is 0 Å². The van der Waals surface area contributed by atoms with Gasteiger partial charge in [-0.1, -0.05) is 18.2 Å². The van der Waals surface area contributed by atoms with E-state index in [4.69, 9.17) is 0 Å². The molecule has 0 aliphatic carbocycles. The van der Waals surface area contributed by atoms with Gasteiger partial charge in [0.25, 0.3) is 10.0 Å². The molecule has 0 spiro atoms. The Bertz CT molecular complexity index is 1370. The van der Waals surface area contributed by atoms with Crippen molar-refractivity contribution in [3.8, 4) is 0 Å². The topological polar surface area (TPSA) is 63.2 Å². The highest BCUT2D eigenvalue weighted by Gasteiger charge is 2.33. The van der Waals surface area contributed by atoms with Crippen LogP contribution in [0.5, 0.6) is 0 Å². The first kappa shape index (κ1) is 20.8. The van der Waals surface area contributed by atoms with Gasteiger partial charge in [-0.3, -0.25) is 14.3 Å². The zero-order valence-corrected chi connectivity index (χ0v) is 17.0. The van der Waals surface area contributed by atoms with E-state index in [1.54, 1.807) is 6.07 Å². The summed E-state index contributed by atoms with van der Waals surface area (Å²) in [6.07, 6.45) is 2.79. The molecule has 0 amide bonds. The number of sulfonamides is 1. The van der Waals surface area contributed by atoms with Gasteiger partial charge < -0.3 is 0 Å². The summed E-state index contributed by atoms with van der Waals surface area (Å²) in [5.74, 6) is -2.37. The summed E-state index contributed by atoms with van der Waals surface area (Å²) in [4.78, 5) is 8.09. The zero-order chi connectivity index (χ0) is 22.2. The summed E-state index contributed by atoms with van der Waals surface area (Å²) in [5, 5.41) is 0. The standard InChI is InChI=1S/C22H16F3N3O2S/c1-14(18-9-8-16(24)13-19(18)25)28(17-5-2-4-15(23)12-17)31(29,30)21-7-3-6-20-22(21)27-11-10-26-20/h2-14H,1H3/t14-/m1/s1. The lowest BCUT2D eigenvalue weighted by molar-refractivity contribution is 0.554. The molecule has 0 N–H and O–H groups in total. The van der Waals surface area contributed by atoms with Crippen LogP contribution in [0.25, 0.3) is 11.0 Å². The molecule has 0 bridgehead atoms. The molecule has 1 heterocycles. The van der Waals surface area contributed by atoms with Gasteiger partial charge in [-0.2, -0.15) is 0 Å². The molecule has 4 aromatic rings. The zero-order valence-electron chi connectivity index (χ0n) is 16.2. The number of hydrogen-bond acceptors (Lipinski definition) is 4. The Morgan fingerprint density at radius 1 is 0.871 bits per heavy atom. The van der Waals surface area contributed by atoms with Crippen LogP contribution in [0.1, 0.15) is 18.5 Å². The van der Waals surface area contributed by atoms with Crippen molar-refractivity contribution in [2.24, 2.45) is 0 Å². The third kappa shape index (κ3) is 3.84. The number of aromatic nitrogens is 2. The lowest BCUT2D eigenvalue weighted by Crippen LogP contribution is -2.34. The van der Waals surface area contributed by atoms with Crippen molar-refractivity contribution in [1.82, 2.24) is 9.97 Å². The molecule has 4 rings (SSSR count). The molecular formula is C22H16F3N3O2S. The lowest BCUT2D eigenvalue weighted by atomic mass is 10.1. The van der Waals surface area contributed by atoms with E-state index in [1.807, 2.05) is 0 Å². The van der Waals surface area contributed by atoms with Crippen molar-refractivity contribution in [2.75, 3.05) is 4.31 Å². The normalized spacial score (nSPS) is 12.6. The largest absolute Gasteiger partial charge is 0.267 e. The first-order chi connectivity index (χ1) is 14.8. The third-order valence-corrected chi connectivity index (χ3v) is 6.76. The summed E-state index contributed by atoms with van der Waals surface area (Å²) in [5.41, 5.74) is 0.388. The molecule has 0 unspecified atom stereocenters. The molecule has 9 heteroatoms. The summed E-state index contributed by atoms with van der Waals surface area (Å²) in [6, 6.07) is 11.2. The number of rotatable bonds is 5. The highest BCUT2D eigenvalue weighted by molar-refractivity contribution is 7.93. The van der Waals surface area contributed by atoms with Gasteiger partial charge in [0.1, 0.15) is 27.9 Å². The maximum absolute atomic E-state index is 14.5. The van der Waals surface area contributed by atoms with E-state index in [9.17, 15) is 21.6 Å². The molecule has 0 fully saturated rings. The summed E-state index contributed by atoms with van der Waals surface area (Å²) in [7, 11) is -4.37. The van der Waals surface area contributed by atoms with E-state index in [-0.39, 0.29) is 21.7 Å². The Hall–Kier alpha value is -3.46. The van der Waals surface area contributed by atoms with E-state index in [2.05, 4.69) is 9.97 Å². The fraction of sp³-hybridized carbons (Fsp3) is 0.0909. The minimum Gasteiger partial charge on any atom is -0.259 e. The molecule has 5 nitrogen and oxygen atoms in total. The van der Waals surface area contributed by atoms with E-state index < -0.39 is 33.5 Å². The smallest absolute Gasteiger partial charge is 0.259 e. The number of hydrogen-bond donors (Lipinski definition) is 0. The number of fused-ring (bicyclic) bond motifs is 1. The average molecular weight is 443 g/mol. The fourth-order valence-corrected chi connectivity index (χ4v) is 5.22. The Labute approximate surface area is 176 Å². The molecular weight excluding hydrogens is 427 g/mol. The molecule has 0 radical (unpaired) electrons. The molecule has 31 heavy (non-hydrogen) atoms. The van der Waals surface area contributed by atoms with Gasteiger partial charge in [-0.15, -0.1) is 0 Å². The SMILES string of the molecule is C[C@H](c1ccc(F)cc1F)N(c1cccc(F)c1)S(=O)(=O)c1cccc2nccnc12. The minimum atomic E-state index is -4.37. The summed E-state index contributed by atoms with van der Waals surface area (Å²) in [6.45, 7) is 1.44. The van der Waals surface area contributed by atoms with E-state index in [0.717, 1.165) is 16.4 Å². The van der Waals surface area contributed by atoms with Crippen LogP contribution >= 0.6 is 0 Å². The minimum absolute atomic E-state index is 0.0166. The Balaban J connectivity index is 1.96. The lowest BCUT2D eigenvalue weighted by Gasteiger charge is -2.31.